The average Bonchev–Trinajstić information content (AvgIpc) is 2.73. The molecule has 1 aromatic heterocycles. The number of carbonyl (C=O) groups excluding carboxylic acids is 1. The number of hydrogen-bond acceptors (Lipinski definition) is 6. The molecular weight excluding hydrogens is 411 g/mol. The lowest BCUT2D eigenvalue weighted by Gasteiger charge is -2.13. The van der Waals surface area contributed by atoms with Gasteiger partial charge in [-0.25, -0.2) is 12.8 Å². The topological polar surface area (TPSA) is 95.3 Å². The summed E-state index contributed by atoms with van der Waals surface area (Å²) in [5.74, 6) is -0.466. The minimum absolute atomic E-state index is 0.0443. The predicted molar refractivity (Wildman–Crippen MR) is 110 cm³/mol. The molecule has 0 amide bonds. The van der Waals surface area contributed by atoms with E-state index in [-0.39, 0.29) is 18.1 Å². The van der Waals surface area contributed by atoms with Crippen LogP contribution in [0.1, 0.15) is 18.4 Å². The van der Waals surface area contributed by atoms with Crippen LogP contribution in [-0.4, -0.2) is 31.1 Å². The Morgan fingerprint density at radius 1 is 1.07 bits per heavy atom. The number of halogens is 1. The van der Waals surface area contributed by atoms with Crippen LogP contribution >= 0.6 is 0 Å². The van der Waals surface area contributed by atoms with E-state index >= 15 is 0 Å². The molecule has 0 bridgehead atoms. The zero-order valence-corrected chi connectivity index (χ0v) is 16.8. The smallest absolute Gasteiger partial charge is 0.314 e. The highest BCUT2D eigenvalue weighted by Gasteiger charge is 2.16. The van der Waals surface area contributed by atoms with Gasteiger partial charge >= 0.3 is 5.56 Å². The second-order valence-corrected chi connectivity index (χ2v) is 7.41. The van der Waals surface area contributed by atoms with Crippen molar-refractivity contribution in [2.75, 3.05) is 6.61 Å². The summed E-state index contributed by atoms with van der Waals surface area (Å²) in [5, 5.41) is 4.18. The minimum Gasteiger partial charge on any atom is -0.487 e. The Balaban J connectivity index is 2.02. The molecule has 3 rings (SSSR count). The van der Waals surface area contributed by atoms with Crippen LogP contribution in [0.5, 0.6) is 5.75 Å². The van der Waals surface area contributed by atoms with Crippen molar-refractivity contribution >= 4 is 17.0 Å². The summed E-state index contributed by atoms with van der Waals surface area (Å²) in [6, 6.07) is 12.0. The van der Waals surface area contributed by atoms with Gasteiger partial charge in [0.15, 0.2) is 5.75 Å². The highest BCUT2D eigenvalue weighted by atomic mass is 32.2. The second-order valence-electron chi connectivity index (χ2n) is 6.43. The molecule has 156 valence electrons. The molecule has 30 heavy (non-hydrogen) atoms. The van der Waals surface area contributed by atoms with Gasteiger partial charge < -0.3 is 9.53 Å². The molecule has 2 aromatic carbocycles. The third kappa shape index (κ3) is 5.18. The maximum Gasteiger partial charge on any atom is 0.314 e. The van der Waals surface area contributed by atoms with Crippen molar-refractivity contribution in [1.29, 1.82) is 0 Å². The number of ether oxygens (including phenoxy) is 1. The molecule has 0 radical (unpaired) electrons. The number of thiol groups is 1. The van der Waals surface area contributed by atoms with Crippen molar-refractivity contribution in [3.63, 3.8) is 0 Å². The van der Waals surface area contributed by atoms with Gasteiger partial charge in [-0.2, -0.15) is 9.78 Å². The highest BCUT2D eigenvalue weighted by Crippen LogP contribution is 2.27. The van der Waals surface area contributed by atoms with Gasteiger partial charge in [-0.1, -0.05) is 24.3 Å². The highest BCUT2D eigenvalue weighted by molar-refractivity contribution is 7.71. The first-order chi connectivity index (χ1) is 14.5. The molecular formula is C21H19FN2O5S. The van der Waals surface area contributed by atoms with E-state index in [4.69, 9.17) is 4.74 Å². The van der Waals surface area contributed by atoms with E-state index in [0.29, 0.717) is 35.2 Å². The van der Waals surface area contributed by atoms with Gasteiger partial charge in [0.05, 0.1) is 24.2 Å². The lowest BCUT2D eigenvalue weighted by molar-refractivity contribution is -0.108. The van der Waals surface area contributed by atoms with Crippen molar-refractivity contribution < 1.29 is 22.3 Å². The second kappa shape index (κ2) is 9.93. The fraction of sp³-hybridized carbons (Fsp3) is 0.190. The number of carbonyl (C=O) groups is 1. The van der Waals surface area contributed by atoms with Gasteiger partial charge in [0.1, 0.15) is 22.8 Å². The van der Waals surface area contributed by atoms with E-state index in [9.17, 15) is 22.4 Å². The van der Waals surface area contributed by atoms with Gasteiger partial charge in [0.25, 0.3) is 0 Å². The van der Waals surface area contributed by atoms with Crippen LogP contribution in [-0.2, 0) is 21.3 Å². The van der Waals surface area contributed by atoms with Crippen LogP contribution in [0.4, 0.5) is 4.39 Å². The zero-order chi connectivity index (χ0) is 21.5. The quantitative estimate of drug-likeness (QED) is 0.318. The SMILES string of the molecule is O=CCCCOc1c(-c2ccc(C[SH](=O)=O)cc2)cnn(-c2ccc(F)cc2)c1=O. The summed E-state index contributed by atoms with van der Waals surface area (Å²) in [6.07, 6.45) is 2.97. The molecule has 9 heteroatoms. The molecule has 0 atom stereocenters. The zero-order valence-electron chi connectivity index (χ0n) is 15.9. The van der Waals surface area contributed by atoms with E-state index in [1.807, 2.05) is 0 Å². The van der Waals surface area contributed by atoms with E-state index in [1.54, 1.807) is 24.3 Å². The van der Waals surface area contributed by atoms with Gasteiger partial charge in [0, 0.05) is 12.0 Å². The monoisotopic (exact) mass is 430 g/mol. The maximum atomic E-state index is 13.2. The Morgan fingerprint density at radius 3 is 2.40 bits per heavy atom. The van der Waals surface area contributed by atoms with Crippen LogP contribution in [0, 0.1) is 5.82 Å². The molecule has 0 saturated carbocycles. The molecule has 0 aliphatic carbocycles. The summed E-state index contributed by atoms with van der Waals surface area (Å²) >= 11 is 0. The van der Waals surface area contributed by atoms with E-state index in [0.717, 1.165) is 11.0 Å². The van der Waals surface area contributed by atoms with E-state index in [2.05, 4.69) is 5.10 Å². The molecule has 0 fully saturated rings. The van der Waals surface area contributed by atoms with Crippen molar-refractivity contribution in [3.8, 4) is 22.6 Å². The molecule has 0 N–H and O–H groups in total. The molecule has 0 saturated heterocycles. The minimum atomic E-state index is -2.54. The summed E-state index contributed by atoms with van der Waals surface area (Å²) < 4.78 is 41.8. The first kappa shape index (κ1) is 21.4. The van der Waals surface area contributed by atoms with Crippen molar-refractivity contribution in [2.24, 2.45) is 0 Å². The average molecular weight is 430 g/mol. The third-order valence-corrected chi connectivity index (χ3v) is 4.92. The number of hydrogen-bond donors (Lipinski definition) is 1. The first-order valence-electron chi connectivity index (χ1n) is 9.15. The van der Waals surface area contributed by atoms with E-state index in [1.165, 1.54) is 30.5 Å². The fourth-order valence-corrected chi connectivity index (χ4v) is 3.34. The summed E-state index contributed by atoms with van der Waals surface area (Å²) in [7, 11) is -2.54. The Bertz CT molecular complexity index is 1150. The van der Waals surface area contributed by atoms with Crippen molar-refractivity contribution in [1.82, 2.24) is 9.78 Å². The Kier molecular flexibility index (Phi) is 7.08. The van der Waals surface area contributed by atoms with Crippen LogP contribution in [0.3, 0.4) is 0 Å². The number of benzene rings is 2. The number of aromatic nitrogens is 2. The number of rotatable bonds is 9. The van der Waals surface area contributed by atoms with Crippen molar-refractivity contribution in [2.45, 2.75) is 18.6 Å². The van der Waals surface area contributed by atoms with Gasteiger partial charge in [-0.15, -0.1) is 0 Å². The number of nitrogens with zero attached hydrogens (tertiary/aromatic N) is 2. The van der Waals surface area contributed by atoms with Crippen LogP contribution < -0.4 is 10.3 Å². The van der Waals surface area contributed by atoms with E-state index < -0.39 is 22.1 Å². The molecule has 0 unspecified atom stereocenters. The van der Waals surface area contributed by atoms with Crippen molar-refractivity contribution in [3.05, 3.63) is 76.5 Å². The van der Waals surface area contributed by atoms with Gasteiger partial charge in [-0.05, 0) is 41.8 Å². The lowest BCUT2D eigenvalue weighted by atomic mass is 10.1. The Morgan fingerprint density at radius 2 is 1.77 bits per heavy atom. The van der Waals surface area contributed by atoms with Gasteiger partial charge in [-0.3, -0.25) is 4.79 Å². The number of aldehydes is 1. The lowest BCUT2D eigenvalue weighted by Crippen LogP contribution is -2.24. The molecule has 0 spiro atoms. The summed E-state index contributed by atoms with van der Waals surface area (Å²) in [6.45, 7) is 0.156. The Hall–Kier alpha value is -3.33. The largest absolute Gasteiger partial charge is 0.487 e. The Labute approximate surface area is 173 Å². The predicted octanol–water partition coefficient (Wildman–Crippen LogP) is 2.51. The number of unbranched alkanes of at least 4 members (excludes halogenated alkanes) is 1. The molecule has 0 aliphatic rings. The van der Waals surface area contributed by atoms with Gasteiger partial charge in [0.2, 0.25) is 0 Å². The maximum absolute atomic E-state index is 13.2. The fourth-order valence-electron chi connectivity index (χ4n) is 2.83. The summed E-state index contributed by atoms with van der Waals surface area (Å²) in [4.78, 5) is 23.6. The standard InChI is InChI=1S/C21H19FN2O5S/c22-17-7-9-18(10-8-17)24-21(26)20(29-12-2-1-11-25)19(13-23-24)16-5-3-15(4-6-16)14-30(27)28/h3-11,13,30H,1-2,12,14H2. The molecule has 0 aliphatic heterocycles. The van der Waals surface area contributed by atoms with Crippen LogP contribution in [0.2, 0.25) is 0 Å². The third-order valence-electron chi connectivity index (χ3n) is 4.29. The van der Waals surface area contributed by atoms with Crippen LogP contribution in [0.25, 0.3) is 16.8 Å². The first-order valence-corrected chi connectivity index (χ1v) is 10.5. The normalized spacial score (nSPS) is 10.9. The molecule has 3 aromatic rings. The summed E-state index contributed by atoms with van der Waals surface area (Å²) in [5.41, 5.74) is 1.52. The molecule has 7 nitrogen and oxygen atoms in total. The van der Waals surface area contributed by atoms with Crippen LogP contribution in [0.15, 0.2) is 59.5 Å². The molecule has 1 heterocycles.